The van der Waals surface area contributed by atoms with Gasteiger partial charge in [-0.25, -0.2) is 0 Å². The van der Waals surface area contributed by atoms with E-state index in [0.717, 1.165) is 17.9 Å². The number of carbonyl (C=O) groups is 2. The number of anilines is 1. The van der Waals surface area contributed by atoms with Crippen LogP contribution in [0.2, 0.25) is 0 Å². The highest BCUT2D eigenvalue weighted by atomic mass is 16.3. The summed E-state index contributed by atoms with van der Waals surface area (Å²) in [5, 5.41) is 17.3. The third-order valence-corrected chi connectivity index (χ3v) is 6.04. The minimum atomic E-state index is -0.151. The molecule has 0 unspecified atom stereocenters. The number of piperidine rings is 1. The molecule has 1 fully saturated rings. The maximum absolute atomic E-state index is 12.8. The number of nitrogens with one attached hydrogen (secondary N) is 1. The molecular formula is C24H34N4O3. The molecule has 7 heteroatoms. The first-order valence-electron chi connectivity index (χ1n) is 11.2. The van der Waals surface area contributed by atoms with Crippen LogP contribution >= 0.6 is 0 Å². The van der Waals surface area contributed by atoms with Crippen LogP contribution in [0.3, 0.4) is 0 Å². The van der Waals surface area contributed by atoms with Gasteiger partial charge < -0.3 is 15.3 Å². The van der Waals surface area contributed by atoms with Crippen molar-refractivity contribution in [2.24, 2.45) is 11.8 Å². The molecule has 3 rings (SSSR count). The van der Waals surface area contributed by atoms with Crippen molar-refractivity contribution < 1.29 is 14.7 Å². The van der Waals surface area contributed by atoms with Gasteiger partial charge in [0, 0.05) is 37.7 Å². The monoisotopic (exact) mass is 426 g/mol. The standard InChI is InChI=1S/C24H34N4O3/c1-16(2)15-28-18(4)20(17(3)26-28)9-10-23(30)27-13-11-19(12-14-27)24(31)25-21-7-5-6-8-22(21)29/h5-8,16,19,29H,9-15H2,1-4H3,(H,25,31). The summed E-state index contributed by atoms with van der Waals surface area (Å²) in [6.45, 7) is 10.5. The molecule has 31 heavy (non-hydrogen) atoms. The highest BCUT2D eigenvalue weighted by Crippen LogP contribution is 2.25. The predicted molar refractivity (Wildman–Crippen MR) is 121 cm³/mol. The topological polar surface area (TPSA) is 87.5 Å². The van der Waals surface area contributed by atoms with E-state index in [1.807, 2.05) is 11.8 Å². The van der Waals surface area contributed by atoms with E-state index in [-0.39, 0.29) is 23.5 Å². The first kappa shape index (κ1) is 22.8. The van der Waals surface area contributed by atoms with Crippen LogP contribution in [-0.4, -0.2) is 44.7 Å². The van der Waals surface area contributed by atoms with Crippen LogP contribution < -0.4 is 5.32 Å². The number of phenolic OH excluding ortho intramolecular Hbond substituents is 1. The molecule has 0 bridgehead atoms. The second-order valence-corrected chi connectivity index (χ2v) is 8.89. The summed E-state index contributed by atoms with van der Waals surface area (Å²) in [7, 11) is 0. The fourth-order valence-corrected chi connectivity index (χ4v) is 4.21. The smallest absolute Gasteiger partial charge is 0.227 e. The summed E-state index contributed by atoms with van der Waals surface area (Å²) in [5.74, 6) is 0.470. The van der Waals surface area contributed by atoms with Gasteiger partial charge in [-0.15, -0.1) is 0 Å². The van der Waals surface area contributed by atoms with Crippen molar-refractivity contribution in [2.45, 2.75) is 59.9 Å². The number of amides is 2. The lowest BCUT2D eigenvalue weighted by Gasteiger charge is -2.31. The molecule has 2 amide bonds. The van der Waals surface area contributed by atoms with E-state index >= 15 is 0 Å². The molecule has 0 saturated carbocycles. The van der Waals surface area contributed by atoms with Gasteiger partial charge in [0.2, 0.25) is 11.8 Å². The van der Waals surface area contributed by atoms with Gasteiger partial charge in [-0.05, 0) is 56.7 Å². The van der Waals surface area contributed by atoms with Crippen LogP contribution in [0, 0.1) is 25.7 Å². The molecule has 0 radical (unpaired) electrons. The van der Waals surface area contributed by atoms with E-state index in [4.69, 9.17) is 0 Å². The molecule has 168 valence electrons. The van der Waals surface area contributed by atoms with Gasteiger partial charge in [0.15, 0.2) is 0 Å². The number of aromatic nitrogens is 2. The van der Waals surface area contributed by atoms with Gasteiger partial charge >= 0.3 is 0 Å². The number of benzene rings is 1. The Hall–Kier alpha value is -2.83. The summed E-state index contributed by atoms with van der Waals surface area (Å²) in [6.07, 6.45) is 2.43. The van der Waals surface area contributed by atoms with Gasteiger partial charge in [-0.1, -0.05) is 26.0 Å². The number of likely N-dealkylation sites (tertiary alicyclic amines) is 1. The van der Waals surface area contributed by atoms with Gasteiger partial charge in [0.1, 0.15) is 5.75 Å². The SMILES string of the molecule is Cc1nn(CC(C)C)c(C)c1CCC(=O)N1CCC(C(=O)Nc2ccccc2O)CC1. The van der Waals surface area contributed by atoms with Crippen LogP contribution in [0.4, 0.5) is 5.69 Å². The number of nitrogens with zero attached hydrogens (tertiary/aromatic N) is 3. The van der Waals surface area contributed by atoms with E-state index in [1.165, 1.54) is 5.56 Å². The number of para-hydroxylation sites is 2. The molecule has 7 nitrogen and oxygen atoms in total. The number of carbonyl (C=O) groups excluding carboxylic acids is 2. The zero-order valence-corrected chi connectivity index (χ0v) is 19.0. The Bertz CT molecular complexity index is 927. The van der Waals surface area contributed by atoms with E-state index in [1.54, 1.807) is 24.3 Å². The van der Waals surface area contributed by atoms with Crippen LogP contribution in [0.25, 0.3) is 0 Å². The Morgan fingerprint density at radius 1 is 1.19 bits per heavy atom. The van der Waals surface area contributed by atoms with Crippen molar-refractivity contribution in [1.82, 2.24) is 14.7 Å². The molecule has 0 atom stereocenters. The summed E-state index contributed by atoms with van der Waals surface area (Å²) in [6, 6.07) is 6.71. The van der Waals surface area contributed by atoms with E-state index in [2.05, 4.69) is 35.9 Å². The molecule has 0 aliphatic carbocycles. The maximum atomic E-state index is 12.8. The second kappa shape index (κ2) is 9.98. The molecule has 1 saturated heterocycles. The molecule has 2 heterocycles. The second-order valence-electron chi connectivity index (χ2n) is 8.89. The van der Waals surface area contributed by atoms with Gasteiger partial charge in [-0.2, -0.15) is 5.10 Å². The molecular weight excluding hydrogens is 392 g/mol. The normalized spacial score (nSPS) is 14.8. The van der Waals surface area contributed by atoms with Crippen molar-refractivity contribution in [2.75, 3.05) is 18.4 Å². The van der Waals surface area contributed by atoms with Crippen molar-refractivity contribution in [3.63, 3.8) is 0 Å². The first-order valence-corrected chi connectivity index (χ1v) is 11.2. The van der Waals surface area contributed by atoms with Gasteiger partial charge in [0.05, 0.1) is 11.4 Å². The lowest BCUT2D eigenvalue weighted by atomic mass is 9.95. The third kappa shape index (κ3) is 5.66. The lowest BCUT2D eigenvalue weighted by molar-refractivity contribution is -0.134. The Morgan fingerprint density at radius 3 is 2.52 bits per heavy atom. The van der Waals surface area contributed by atoms with Gasteiger partial charge in [0.25, 0.3) is 0 Å². The molecule has 1 aliphatic rings. The maximum Gasteiger partial charge on any atom is 0.227 e. The highest BCUT2D eigenvalue weighted by molar-refractivity contribution is 5.94. The minimum Gasteiger partial charge on any atom is -0.506 e. The fourth-order valence-electron chi connectivity index (χ4n) is 4.21. The van der Waals surface area contributed by atoms with Crippen molar-refractivity contribution in [1.29, 1.82) is 0 Å². The number of aryl methyl sites for hydroxylation is 1. The lowest BCUT2D eigenvalue weighted by Crippen LogP contribution is -2.41. The number of phenols is 1. The zero-order chi connectivity index (χ0) is 22.5. The highest BCUT2D eigenvalue weighted by Gasteiger charge is 2.28. The Kier molecular flexibility index (Phi) is 7.36. The number of rotatable bonds is 7. The van der Waals surface area contributed by atoms with Crippen molar-refractivity contribution in [3.8, 4) is 5.75 Å². The van der Waals surface area contributed by atoms with Crippen molar-refractivity contribution in [3.05, 3.63) is 41.2 Å². The number of hydrogen-bond donors (Lipinski definition) is 2. The summed E-state index contributed by atoms with van der Waals surface area (Å²) < 4.78 is 2.05. The first-order chi connectivity index (χ1) is 14.8. The summed E-state index contributed by atoms with van der Waals surface area (Å²) in [5.41, 5.74) is 3.75. The summed E-state index contributed by atoms with van der Waals surface area (Å²) in [4.78, 5) is 27.1. The van der Waals surface area contributed by atoms with Crippen LogP contribution in [-0.2, 0) is 22.6 Å². The zero-order valence-electron chi connectivity index (χ0n) is 19.0. The molecule has 1 aromatic heterocycles. The average Bonchev–Trinajstić information content (AvgIpc) is 3.00. The third-order valence-electron chi connectivity index (χ3n) is 6.04. The Labute approximate surface area is 184 Å². The fraction of sp³-hybridized carbons (Fsp3) is 0.542. The Morgan fingerprint density at radius 2 is 1.87 bits per heavy atom. The molecule has 1 aliphatic heterocycles. The van der Waals surface area contributed by atoms with Crippen molar-refractivity contribution >= 4 is 17.5 Å². The molecule has 0 spiro atoms. The molecule has 1 aromatic carbocycles. The predicted octanol–water partition coefficient (Wildman–Crippen LogP) is 3.67. The Balaban J connectivity index is 1.49. The van der Waals surface area contributed by atoms with E-state index in [0.29, 0.717) is 50.4 Å². The average molecular weight is 427 g/mol. The number of aromatic hydroxyl groups is 1. The molecule has 2 N–H and O–H groups in total. The van der Waals surface area contributed by atoms with E-state index < -0.39 is 0 Å². The largest absolute Gasteiger partial charge is 0.506 e. The molecule has 2 aromatic rings. The van der Waals surface area contributed by atoms with Gasteiger partial charge in [-0.3, -0.25) is 14.3 Å². The number of hydrogen-bond acceptors (Lipinski definition) is 4. The quantitative estimate of drug-likeness (QED) is 0.661. The van der Waals surface area contributed by atoms with Crippen LogP contribution in [0.1, 0.15) is 50.1 Å². The minimum absolute atomic E-state index is 0.0609. The summed E-state index contributed by atoms with van der Waals surface area (Å²) >= 11 is 0. The van der Waals surface area contributed by atoms with E-state index in [9.17, 15) is 14.7 Å². The van der Waals surface area contributed by atoms with Crippen LogP contribution in [0.5, 0.6) is 5.75 Å². The van der Waals surface area contributed by atoms with Crippen LogP contribution in [0.15, 0.2) is 24.3 Å².